The second kappa shape index (κ2) is 6.37. The van der Waals surface area contributed by atoms with Crippen molar-refractivity contribution in [1.29, 1.82) is 0 Å². The standard InChI is InChI=1S/C17H20F3N3O3/c1-16(2,3)26-15(24)22-7-6-11(10-22)23-12(13-5-4-8-25-13)9-14(21-23)17(18,19)20/h4-5,8-9,11H,6-7,10H2,1-3H3. The molecule has 2 aromatic heterocycles. The molecule has 1 amide bonds. The molecule has 1 fully saturated rings. The van der Waals surface area contributed by atoms with E-state index in [-0.39, 0.29) is 12.2 Å². The van der Waals surface area contributed by atoms with Crippen LogP contribution in [-0.2, 0) is 10.9 Å². The summed E-state index contributed by atoms with van der Waals surface area (Å²) >= 11 is 0. The SMILES string of the molecule is CC(C)(C)OC(=O)N1CCC(n2nc(C(F)(F)F)cc2-c2ccco2)C1. The predicted octanol–water partition coefficient (Wildman–Crippen LogP) is 4.34. The van der Waals surface area contributed by atoms with Gasteiger partial charge in [0.05, 0.1) is 12.3 Å². The number of hydrogen-bond acceptors (Lipinski definition) is 4. The first kappa shape index (κ1) is 18.3. The Bertz CT molecular complexity index is 776. The van der Waals surface area contributed by atoms with Gasteiger partial charge in [-0.25, -0.2) is 4.79 Å². The molecule has 1 saturated heterocycles. The first-order valence-corrected chi connectivity index (χ1v) is 8.23. The molecule has 0 saturated carbocycles. The highest BCUT2D eigenvalue weighted by Crippen LogP contribution is 2.35. The fourth-order valence-corrected chi connectivity index (χ4v) is 2.85. The van der Waals surface area contributed by atoms with E-state index in [1.807, 2.05) is 0 Å². The van der Waals surface area contributed by atoms with Gasteiger partial charge >= 0.3 is 12.3 Å². The molecule has 2 aromatic rings. The van der Waals surface area contributed by atoms with Gasteiger partial charge in [0.15, 0.2) is 11.5 Å². The second-order valence-corrected chi connectivity index (χ2v) is 7.20. The van der Waals surface area contributed by atoms with Crippen molar-refractivity contribution in [3.05, 3.63) is 30.2 Å². The van der Waals surface area contributed by atoms with E-state index in [0.29, 0.717) is 18.7 Å². The van der Waals surface area contributed by atoms with Crippen molar-refractivity contribution in [3.63, 3.8) is 0 Å². The molecule has 0 aromatic carbocycles. The molecule has 9 heteroatoms. The first-order valence-electron chi connectivity index (χ1n) is 8.23. The normalized spacial score (nSPS) is 18.4. The van der Waals surface area contributed by atoms with Crippen molar-refractivity contribution >= 4 is 6.09 Å². The monoisotopic (exact) mass is 371 g/mol. The number of ether oxygens (including phenoxy) is 1. The number of aromatic nitrogens is 2. The van der Waals surface area contributed by atoms with E-state index < -0.39 is 29.6 Å². The summed E-state index contributed by atoms with van der Waals surface area (Å²) in [7, 11) is 0. The number of halogens is 3. The van der Waals surface area contributed by atoms with Crippen LogP contribution in [0.4, 0.5) is 18.0 Å². The van der Waals surface area contributed by atoms with Crippen molar-refractivity contribution in [2.24, 2.45) is 0 Å². The van der Waals surface area contributed by atoms with Crippen LogP contribution in [0.2, 0.25) is 0 Å². The summed E-state index contributed by atoms with van der Waals surface area (Å²) in [5, 5.41) is 3.74. The first-order chi connectivity index (χ1) is 12.0. The van der Waals surface area contributed by atoms with Crippen LogP contribution in [0.3, 0.4) is 0 Å². The summed E-state index contributed by atoms with van der Waals surface area (Å²) in [5.74, 6) is 0.295. The molecule has 6 nitrogen and oxygen atoms in total. The average Bonchev–Trinajstić information content (AvgIpc) is 3.24. The molecule has 0 radical (unpaired) electrons. The fourth-order valence-electron chi connectivity index (χ4n) is 2.85. The predicted molar refractivity (Wildman–Crippen MR) is 86.4 cm³/mol. The molecule has 1 aliphatic heterocycles. The van der Waals surface area contributed by atoms with Crippen molar-refractivity contribution in [2.75, 3.05) is 13.1 Å². The third-order valence-corrected chi connectivity index (χ3v) is 3.96. The Morgan fingerprint density at radius 3 is 2.65 bits per heavy atom. The van der Waals surface area contributed by atoms with Crippen molar-refractivity contribution < 1.29 is 27.1 Å². The molecular weight excluding hydrogens is 351 g/mol. The summed E-state index contributed by atoms with van der Waals surface area (Å²) in [4.78, 5) is 13.7. The summed E-state index contributed by atoms with van der Waals surface area (Å²) < 4.78 is 51.2. The third kappa shape index (κ3) is 3.86. The van der Waals surface area contributed by atoms with Crippen LogP contribution in [0, 0.1) is 0 Å². The van der Waals surface area contributed by atoms with E-state index in [9.17, 15) is 18.0 Å². The van der Waals surface area contributed by atoms with E-state index in [1.165, 1.54) is 15.8 Å². The molecule has 26 heavy (non-hydrogen) atoms. The zero-order valence-corrected chi connectivity index (χ0v) is 14.7. The number of likely N-dealkylation sites (tertiary alicyclic amines) is 1. The maximum absolute atomic E-state index is 13.1. The zero-order valence-electron chi connectivity index (χ0n) is 14.7. The van der Waals surface area contributed by atoms with Crippen molar-refractivity contribution in [3.8, 4) is 11.5 Å². The van der Waals surface area contributed by atoms with E-state index in [2.05, 4.69) is 5.10 Å². The molecule has 3 rings (SSSR count). The van der Waals surface area contributed by atoms with Gasteiger partial charge in [0.25, 0.3) is 0 Å². The van der Waals surface area contributed by atoms with Crippen LogP contribution < -0.4 is 0 Å². The van der Waals surface area contributed by atoms with Gasteiger partial charge in [-0.05, 0) is 45.4 Å². The van der Waals surface area contributed by atoms with E-state index in [1.54, 1.807) is 32.9 Å². The Balaban J connectivity index is 1.85. The lowest BCUT2D eigenvalue weighted by Gasteiger charge is -2.24. The highest BCUT2D eigenvalue weighted by Gasteiger charge is 2.38. The Labute approximate surface area is 148 Å². The molecule has 1 aliphatic rings. The smallest absolute Gasteiger partial charge is 0.435 e. The van der Waals surface area contributed by atoms with Crippen molar-refractivity contribution in [2.45, 2.75) is 45.0 Å². The maximum Gasteiger partial charge on any atom is 0.435 e. The Morgan fingerprint density at radius 2 is 2.08 bits per heavy atom. The Morgan fingerprint density at radius 1 is 1.35 bits per heavy atom. The number of alkyl halides is 3. The van der Waals surface area contributed by atoms with E-state index in [4.69, 9.17) is 9.15 Å². The molecule has 0 spiro atoms. The van der Waals surface area contributed by atoms with Crippen LogP contribution in [0.25, 0.3) is 11.5 Å². The average molecular weight is 371 g/mol. The Hall–Kier alpha value is -2.45. The molecule has 1 atom stereocenters. The molecular formula is C17H20F3N3O3. The molecule has 0 N–H and O–H groups in total. The maximum atomic E-state index is 13.1. The zero-order chi connectivity index (χ0) is 19.1. The van der Waals surface area contributed by atoms with Crippen LogP contribution in [0.1, 0.15) is 38.9 Å². The number of rotatable bonds is 2. The Kier molecular flexibility index (Phi) is 4.49. The number of nitrogens with zero attached hydrogens (tertiary/aromatic N) is 3. The van der Waals surface area contributed by atoms with Crippen LogP contribution >= 0.6 is 0 Å². The van der Waals surface area contributed by atoms with Gasteiger partial charge in [0, 0.05) is 13.1 Å². The molecule has 1 unspecified atom stereocenters. The molecule has 3 heterocycles. The summed E-state index contributed by atoms with van der Waals surface area (Å²) in [6.45, 7) is 5.89. The van der Waals surface area contributed by atoms with Gasteiger partial charge in [-0.2, -0.15) is 18.3 Å². The minimum Gasteiger partial charge on any atom is -0.463 e. The summed E-state index contributed by atoms with van der Waals surface area (Å²) in [6, 6.07) is 3.75. The molecule has 0 bridgehead atoms. The minimum absolute atomic E-state index is 0.224. The topological polar surface area (TPSA) is 60.5 Å². The van der Waals surface area contributed by atoms with Crippen LogP contribution in [0.5, 0.6) is 0 Å². The largest absolute Gasteiger partial charge is 0.463 e. The number of carbonyl (C=O) groups is 1. The highest BCUT2D eigenvalue weighted by molar-refractivity contribution is 5.68. The fraction of sp³-hybridized carbons (Fsp3) is 0.529. The summed E-state index contributed by atoms with van der Waals surface area (Å²) in [5.41, 5.74) is -1.39. The number of furan rings is 1. The molecule has 0 aliphatic carbocycles. The lowest BCUT2D eigenvalue weighted by Crippen LogP contribution is -2.35. The van der Waals surface area contributed by atoms with Crippen LogP contribution in [-0.4, -0.2) is 39.5 Å². The number of hydrogen-bond donors (Lipinski definition) is 0. The summed E-state index contributed by atoms with van der Waals surface area (Å²) in [6.07, 6.45) is -3.17. The number of amides is 1. The van der Waals surface area contributed by atoms with Crippen LogP contribution in [0.15, 0.2) is 28.9 Å². The highest BCUT2D eigenvalue weighted by atomic mass is 19.4. The van der Waals surface area contributed by atoms with Crippen molar-refractivity contribution in [1.82, 2.24) is 14.7 Å². The van der Waals surface area contributed by atoms with Gasteiger partial charge < -0.3 is 14.1 Å². The van der Waals surface area contributed by atoms with Gasteiger partial charge in [-0.15, -0.1) is 0 Å². The van der Waals surface area contributed by atoms with E-state index >= 15 is 0 Å². The van der Waals surface area contributed by atoms with Gasteiger partial charge in [-0.1, -0.05) is 0 Å². The molecule has 142 valence electrons. The quantitative estimate of drug-likeness (QED) is 0.788. The third-order valence-electron chi connectivity index (χ3n) is 3.96. The minimum atomic E-state index is -4.56. The van der Waals surface area contributed by atoms with Gasteiger partial charge in [0.1, 0.15) is 11.3 Å². The lowest BCUT2D eigenvalue weighted by molar-refractivity contribution is -0.141. The van der Waals surface area contributed by atoms with Gasteiger partial charge in [0.2, 0.25) is 0 Å². The van der Waals surface area contributed by atoms with E-state index in [0.717, 1.165) is 6.07 Å². The van der Waals surface area contributed by atoms with Gasteiger partial charge in [-0.3, -0.25) is 4.68 Å². The number of carbonyl (C=O) groups excluding carboxylic acids is 1. The second-order valence-electron chi connectivity index (χ2n) is 7.20. The lowest BCUT2D eigenvalue weighted by atomic mass is 10.2.